The largest absolute Gasteiger partial charge is 0.418 e. The molecule has 7 nitrogen and oxygen atoms in total. The summed E-state index contributed by atoms with van der Waals surface area (Å²) in [5.41, 5.74) is 1.68. The zero-order valence-corrected chi connectivity index (χ0v) is 10.6. The zero-order valence-electron chi connectivity index (χ0n) is 10.6. The third-order valence-corrected chi connectivity index (χ3v) is 2.67. The molecule has 7 heteroatoms. The summed E-state index contributed by atoms with van der Waals surface area (Å²) >= 11 is 0. The van der Waals surface area contributed by atoms with Gasteiger partial charge in [-0.1, -0.05) is 18.2 Å². The number of fused-ring (bicyclic) bond motifs is 1. The maximum absolute atomic E-state index is 11.8. The number of aromatic nitrogens is 4. The van der Waals surface area contributed by atoms with Gasteiger partial charge >= 0.3 is 6.09 Å². The molecule has 100 valence electrons. The molecule has 0 aliphatic rings. The van der Waals surface area contributed by atoms with Gasteiger partial charge < -0.3 is 9.30 Å². The molecule has 0 bridgehead atoms. The number of rotatable bonds is 2. The summed E-state index contributed by atoms with van der Waals surface area (Å²) < 4.78 is 6.89. The van der Waals surface area contributed by atoms with E-state index in [2.05, 4.69) is 20.3 Å². The van der Waals surface area contributed by atoms with Gasteiger partial charge in [0.05, 0.1) is 6.33 Å². The van der Waals surface area contributed by atoms with Crippen LogP contribution in [0.1, 0.15) is 0 Å². The van der Waals surface area contributed by atoms with Crippen molar-refractivity contribution in [3.05, 3.63) is 43.0 Å². The number of hydrogen-bond acceptors (Lipinski definition) is 5. The van der Waals surface area contributed by atoms with Gasteiger partial charge in [0.1, 0.15) is 6.33 Å². The number of anilines is 1. The van der Waals surface area contributed by atoms with Crippen LogP contribution in [0.2, 0.25) is 0 Å². The maximum atomic E-state index is 11.8. The molecule has 20 heavy (non-hydrogen) atoms. The summed E-state index contributed by atoms with van der Waals surface area (Å²) in [4.78, 5) is 23.9. The van der Waals surface area contributed by atoms with Gasteiger partial charge in [-0.25, -0.2) is 14.8 Å². The van der Waals surface area contributed by atoms with Crippen LogP contribution in [0.3, 0.4) is 0 Å². The molecule has 0 aliphatic carbocycles. The minimum Gasteiger partial charge on any atom is -0.388 e. The standard InChI is InChI=1S/C13H11N5O2/c1-18-8-16-10-11(18)14-7-15-12(10)20-13(19)17-9-5-3-2-4-6-9/h2-8H,1H3,(H,17,19). The first-order valence-electron chi connectivity index (χ1n) is 5.90. The van der Waals surface area contributed by atoms with E-state index < -0.39 is 6.09 Å². The van der Waals surface area contributed by atoms with Crippen LogP contribution in [-0.2, 0) is 7.05 Å². The third-order valence-electron chi connectivity index (χ3n) is 2.67. The highest BCUT2D eigenvalue weighted by atomic mass is 16.6. The monoisotopic (exact) mass is 269 g/mol. The molecule has 2 aromatic heterocycles. The van der Waals surface area contributed by atoms with Crippen LogP contribution < -0.4 is 10.1 Å². The smallest absolute Gasteiger partial charge is 0.388 e. The second-order valence-electron chi connectivity index (χ2n) is 4.09. The van der Waals surface area contributed by atoms with Gasteiger partial charge in [0, 0.05) is 12.7 Å². The molecule has 0 saturated heterocycles. The van der Waals surface area contributed by atoms with Crippen LogP contribution in [-0.4, -0.2) is 25.6 Å². The number of amides is 1. The number of nitrogens with zero attached hydrogens (tertiary/aromatic N) is 4. The molecule has 0 atom stereocenters. The van der Waals surface area contributed by atoms with Crippen LogP contribution in [0.5, 0.6) is 5.88 Å². The minimum absolute atomic E-state index is 0.129. The van der Waals surface area contributed by atoms with Gasteiger partial charge in [-0.05, 0) is 12.1 Å². The summed E-state index contributed by atoms with van der Waals surface area (Å²) in [7, 11) is 1.80. The molecule has 0 saturated carbocycles. The lowest BCUT2D eigenvalue weighted by atomic mass is 10.3. The highest BCUT2D eigenvalue weighted by molar-refractivity contribution is 5.88. The quantitative estimate of drug-likeness (QED) is 0.769. The van der Waals surface area contributed by atoms with E-state index in [1.54, 1.807) is 30.1 Å². The fourth-order valence-electron chi connectivity index (χ4n) is 1.75. The predicted molar refractivity (Wildman–Crippen MR) is 72.4 cm³/mol. The molecule has 1 N–H and O–H groups in total. The molecule has 2 heterocycles. The van der Waals surface area contributed by atoms with Crippen LogP contribution in [0, 0.1) is 0 Å². The van der Waals surface area contributed by atoms with E-state index in [4.69, 9.17) is 4.74 Å². The van der Waals surface area contributed by atoms with Gasteiger partial charge in [-0.2, -0.15) is 4.98 Å². The molecule has 0 unspecified atom stereocenters. The van der Waals surface area contributed by atoms with Crippen molar-refractivity contribution in [1.29, 1.82) is 0 Å². The van der Waals surface area contributed by atoms with E-state index >= 15 is 0 Å². The number of aryl methyl sites for hydroxylation is 1. The molecule has 1 aromatic carbocycles. The molecule has 0 fully saturated rings. The van der Waals surface area contributed by atoms with E-state index in [0.29, 0.717) is 16.9 Å². The Morgan fingerprint density at radius 2 is 2.00 bits per heavy atom. The first-order valence-corrected chi connectivity index (χ1v) is 5.90. The highest BCUT2D eigenvalue weighted by Gasteiger charge is 2.13. The van der Waals surface area contributed by atoms with Crippen molar-refractivity contribution in [3.63, 3.8) is 0 Å². The van der Waals surface area contributed by atoms with E-state index in [1.807, 2.05) is 18.2 Å². The van der Waals surface area contributed by atoms with Gasteiger partial charge in [0.15, 0.2) is 11.2 Å². The number of ether oxygens (including phenoxy) is 1. The Balaban J connectivity index is 1.81. The Morgan fingerprint density at radius 3 is 2.80 bits per heavy atom. The minimum atomic E-state index is -0.623. The van der Waals surface area contributed by atoms with Crippen LogP contribution in [0.15, 0.2) is 43.0 Å². The van der Waals surface area contributed by atoms with E-state index in [9.17, 15) is 4.79 Å². The normalized spacial score (nSPS) is 10.4. The fraction of sp³-hybridized carbons (Fsp3) is 0.0769. The molecule has 1 amide bonds. The molecule has 0 aliphatic heterocycles. The molecular formula is C13H11N5O2. The van der Waals surface area contributed by atoms with Crippen molar-refractivity contribution in [2.24, 2.45) is 7.05 Å². The van der Waals surface area contributed by atoms with E-state index in [1.165, 1.54) is 6.33 Å². The summed E-state index contributed by atoms with van der Waals surface area (Å²) in [5.74, 6) is 0.129. The first-order chi connectivity index (χ1) is 9.74. The predicted octanol–water partition coefficient (Wildman–Crippen LogP) is 1.97. The number of nitrogens with one attached hydrogen (secondary N) is 1. The summed E-state index contributed by atoms with van der Waals surface area (Å²) in [6.07, 6.45) is 2.29. The Hall–Kier alpha value is -2.96. The number of benzene rings is 1. The number of imidazole rings is 1. The molecule has 0 radical (unpaired) electrons. The van der Waals surface area contributed by atoms with Crippen molar-refractivity contribution in [2.45, 2.75) is 0 Å². The number of carbonyl (C=O) groups is 1. The summed E-state index contributed by atoms with van der Waals surface area (Å²) in [6.45, 7) is 0. The average molecular weight is 269 g/mol. The van der Waals surface area contributed by atoms with E-state index in [-0.39, 0.29) is 5.88 Å². The zero-order chi connectivity index (χ0) is 13.9. The molecular weight excluding hydrogens is 258 g/mol. The SMILES string of the molecule is Cn1cnc2c(OC(=O)Nc3ccccc3)ncnc21. The highest BCUT2D eigenvalue weighted by Crippen LogP contribution is 2.19. The van der Waals surface area contributed by atoms with Crippen molar-refractivity contribution >= 4 is 22.9 Å². The Bertz CT molecular complexity index is 754. The van der Waals surface area contributed by atoms with Crippen LogP contribution in [0.25, 0.3) is 11.2 Å². The second kappa shape index (κ2) is 4.96. The lowest BCUT2D eigenvalue weighted by Crippen LogP contribution is -2.17. The van der Waals surface area contributed by atoms with Crippen molar-refractivity contribution in [3.8, 4) is 5.88 Å². The lowest BCUT2D eigenvalue weighted by molar-refractivity contribution is 0.214. The second-order valence-corrected chi connectivity index (χ2v) is 4.09. The first kappa shape index (κ1) is 12.1. The Morgan fingerprint density at radius 1 is 1.20 bits per heavy atom. The van der Waals surface area contributed by atoms with Crippen LogP contribution in [0.4, 0.5) is 10.5 Å². The number of carbonyl (C=O) groups excluding carboxylic acids is 1. The van der Waals surface area contributed by atoms with Gasteiger partial charge in [-0.15, -0.1) is 0 Å². The molecule has 3 aromatic rings. The van der Waals surface area contributed by atoms with Crippen molar-refractivity contribution < 1.29 is 9.53 Å². The summed E-state index contributed by atoms with van der Waals surface area (Å²) in [5, 5.41) is 2.61. The van der Waals surface area contributed by atoms with Gasteiger partial charge in [0.25, 0.3) is 5.88 Å². The van der Waals surface area contributed by atoms with Crippen molar-refractivity contribution in [2.75, 3.05) is 5.32 Å². The van der Waals surface area contributed by atoms with Gasteiger partial charge in [0.2, 0.25) is 0 Å². The number of hydrogen-bond donors (Lipinski definition) is 1. The third kappa shape index (κ3) is 2.28. The van der Waals surface area contributed by atoms with E-state index in [0.717, 1.165) is 0 Å². The van der Waals surface area contributed by atoms with Crippen LogP contribution >= 0.6 is 0 Å². The summed E-state index contributed by atoms with van der Waals surface area (Å²) in [6, 6.07) is 9.02. The van der Waals surface area contributed by atoms with Gasteiger partial charge in [-0.3, -0.25) is 5.32 Å². The Labute approximate surface area is 114 Å². The van der Waals surface area contributed by atoms with Crippen molar-refractivity contribution in [1.82, 2.24) is 19.5 Å². The molecule has 0 spiro atoms. The Kier molecular flexibility index (Phi) is 3.00. The molecule has 3 rings (SSSR count). The fourth-order valence-corrected chi connectivity index (χ4v) is 1.75. The number of para-hydroxylation sites is 1. The average Bonchev–Trinajstić information content (AvgIpc) is 2.83. The maximum Gasteiger partial charge on any atom is 0.418 e. The lowest BCUT2D eigenvalue weighted by Gasteiger charge is -2.05. The topological polar surface area (TPSA) is 81.9 Å².